The van der Waals surface area contributed by atoms with Crippen molar-refractivity contribution in [3.63, 3.8) is 0 Å². The number of nitrogens with one attached hydrogen (secondary N) is 1. The molecule has 1 N–H and O–H groups in total. The topological polar surface area (TPSA) is 24.5 Å². The molecule has 1 aliphatic rings. The van der Waals surface area contributed by atoms with Crippen LogP contribution in [-0.4, -0.2) is 48.3 Å². The normalized spacial score (nSPS) is 25.0. The Morgan fingerprint density at radius 2 is 1.67 bits per heavy atom. The monoisotopic (exact) mass is 256 g/mol. The third-order valence-corrected chi connectivity index (χ3v) is 3.42. The first-order valence-corrected chi connectivity index (χ1v) is 7.44. The smallest absolute Gasteiger partial charge is 0.0760 e. The van der Waals surface area contributed by atoms with Gasteiger partial charge < -0.3 is 10.1 Å². The minimum Gasteiger partial charge on any atom is -0.367 e. The second kappa shape index (κ2) is 6.36. The van der Waals surface area contributed by atoms with Gasteiger partial charge in [0.25, 0.3) is 0 Å². The van der Waals surface area contributed by atoms with Crippen LogP contribution in [0.5, 0.6) is 0 Å². The molecule has 3 heteroatoms. The van der Waals surface area contributed by atoms with Gasteiger partial charge in [-0.3, -0.25) is 4.90 Å². The fourth-order valence-electron chi connectivity index (χ4n) is 3.07. The lowest BCUT2D eigenvalue weighted by Crippen LogP contribution is -2.59. The summed E-state index contributed by atoms with van der Waals surface area (Å²) in [5.74, 6) is 0. The predicted molar refractivity (Wildman–Crippen MR) is 78.1 cm³/mol. The molecule has 0 aromatic carbocycles. The molecule has 18 heavy (non-hydrogen) atoms. The average Bonchev–Trinajstić information content (AvgIpc) is 2.19. The summed E-state index contributed by atoms with van der Waals surface area (Å²) in [7, 11) is 0. The summed E-state index contributed by atoms with van der Waals surface area (Å²) < 4.78 is 6.13. The molecule has 0 aromatic heterocycles. The van der Waals surface area contributed by atoms with Crippen molar-refractivity contribution in [2.45, 2.75) is 71.6 Å². The summed E-state index contributed by atoms with van der Waals surface area (Å²) in [5.41, 5.74) is -0.0738. The first kappa shape index (κ1) is 15.9. The molecule has 108 valence electrons. The molecule has 0 aromatic rings. The quantitative estimate of drug-likeness (QED) is 0.791. The fourth-order valence-corrected chi connectivity index (χ4v) is 3.07. The molecule has 0 bridgehead atoms. The molecule has 1 aliphatic heterocycles. The van der Waals surface area contributed by atoms with Crippen LogP contribution in [-0.2, 0) is 4.74 Å². The second-order valence-corrected chi connectivity index (χ2v) is 6.85. The highest BCUT2D eigenvalue weighted by Gasteiger charge is 2.38. The third kappa shape index (κ3) is 5.25. The summed E-state index contributed by atoms with van der Waals surface area (Å²) in [5, 5.41) is 3.64. The van der Waals surface area contributed by atoms with Gasteiger partial charge >= 0.3 is 0 Å². The van der Waals surface area contributed by atoms with E-state index in [0.29, 0.717) is 6.04 Å². The van der Waals surface area contributed by atoms with Gasteiger partial charge in [0.05, 0.1) is 11.2 Å². The van der Waals surface area contributed by atoms with E-state index in [9.17, 15) is 0 Å². The van der Waals surface area contributed by atoms with Crippen LogP contribution in [0.3, 0.4) is 0 Å². The van der Waals surface area contributed by atoms with Crippen LogP contribution in [0.25, 0.3) is 0 Å². The third-order valence-electron chi connectivity index (χ3n) is 3.42. The molecule has 1 atom stereocenters. The molecule has 3 nitrogen and oxygen atoms in total. The lowest BCUT2D eigenvalue weighted by atomic mass is 9.98. The Hall–Kier alpha value is -0.120. The van der Waals surface area contributed by atoms with Crippen molar-refractivity contribution in [1.29, 1.82) is 0 Å². The Kier molecular flexibility index (Phi) is 5.63. The van der Waals surface area contributed by atoms with Crippen LogP contribution >= 0.6 is 0 Å². The van der Waals surface area contributed by atoms with Gasteiger partial charge in [-0.25, -0.2) is 0 Å². The Balaban J connectivity index is 2.54. The van der Waals surface area contributed by atoms with E-state index in [4.69, 9.17) is 4.74 Å². The Morgan fingerprint density at radius 1 is 1.11 bits per heavy atom. The highest BCUT2D eigenvalue weighted by atomic mass is 16.5. The minimum atomic E-state index is -0.0369. The van der Waals surface area contributed by atoms with Crippen molar-refractivity contribution in [2.24, 2.45) is 0 Å². The molecule has 1 rings (SSSR count). The molecule has 0 spiro atoms. The van der Waals surface area contributed by atoms with E-state index in [2.05, 4.69) is 51.8 Å². The van der Waals surface area contributed by atoms with Crippen molar-refractivity contribution in [3.8, 4) is 0 Å². The zero-order chi connectivity index (χ0) is 13.8. The van der Waals surface area contributed by atoms with Crippen LogP contribution in [0.1, 0.15) is 54.4 Å². The molecular weight excluding hydrogens is 224 g/mol. The summed E-state index contributed by atoms with van der Waals surface area (Å²) in [6, 6.07) is 0.606. The molecule has 0 radical (unpaired) electrons. The van der Waals surface area contributed by atoms with Gasteiger partial charge in [-0.15, -0.1) is 0 Å². The molecule has 0 saturated carbocycles. The van der Waals surface area contributed by atoms with E-state index in [1.165, 1.54) is 12.8 Å². The van der Waals surface area contributed by atoms with Gasteiger partial charge in [0.1, 0.15) is 0 Å². The molecule has 1 heterocycles. The van der Waals surface area contributed by atoms with Crippen LogP contribution < -0.4 is 5.32 Å². The zero-order valence-electron chi connectivity index (χ0n) is 13.2. The summed E-state index contributed by atoms with van der Waals surface area (Å²) in [6.45, 7) is 17.6. The molecular formula is C15H32N2O. The van der Waals surface area contributed by atoms with Gasteiger partial charge in [-0.1, -0.05) is 13.8 Å². The van der Waals surface area contributed by atoms with Gasteiger partial charge in [-0.2, -0.15) is 0 Å². The summed E-state index contributed by atoms with van der Waals surface area (Å²) in [4.78, 5) is 2.56. The first-order valence-electron chi connectivity index (χ1n) is 7.44. The van der Waals surface area contributed by atoms with Crippen LogP contribution in [0, 0.1) is 0 Å². The number of ether oxygens (including phenoxy) is 1. The molecule has 1 fully saturated rings. The van der Waals surface area contributed by atoms with Gasteiger partial charge in [0, 0.05) is 25.7 Å². The SMILES string of the molecule is CCCNC(CC)CN1CC(C)(C)OC(C)(C)C1. The maximum atomic E-state index is 6.13. The van der Waals surface area contributed by atoms with Crippen molar-refractivity contribution in [2.75, 3.05) is 26.2 Å². The number of hydrogen-bond donors (Lipinski definition) is 1. The first-order chi connectivity index (χ1) is 8.28. The van der Waals surface area contributed by atoms with Crippen LogP contribution in [0.2, 0.25) is 0 Å². The largest absolute Gasteiger partial charge is 0.367 e. The Labute approximate surface area is 113 Å². The van der Waals surface area contributed by atoms with Gasteiger partial charge in [0.2, 0.25) is 0 Å². The van der Waals surface area contributed by atoms with Crippen LogP contribution in [0.4, 0.5) is 0 Å². The van der Waals surface area contributed by atoms with Crippen molar-refractivity contribution >= 4 is 0 Å². The molecule has 1 unspecified atom stereocenters. The van der Waals surface area contributed by atoms with E-state index in [1.807, 2.05) is 0 Å². The van der Waals surface area contributed by atoms with E-state index in [-0.39, 0.29) is 11.2 Å². The van der Waals surface area contributed by atoms with Crippen LogP contribution in [0.15, 0.2) is 0 Å². The number of rotatable bonds is 6. The van der Waals surface area contributed by atoms with E-state index in [1.54, 1.807) is 0 Å². The number of nitrogens with zero attached hydrogens (tertiary/aromatic N) is 1. The fraction of sp³-hybridized carbons (Fsp3) is 1.00. The van der Waals surface area contributed by atoms with E-state index < -0.39 is 0 Å². The highest BCUT2D eigenvalue weighted by molar-refractivity contribution is 4.90. The van der Waals surface area contributed by atoms with Crippen molar-refractivity contribution in [1.82, 2.24) is 10.2 Å². The summed E-state index contributed by atoms with van der Waals surface area (Å²) in [6.07, 6.45) is 2.40. The Bertz CT molecular complexity index is 235. The van der Waals surface area contributed by atoms with Crippen molar-refractivity contribution in [3.05, 3.63) is 0 Å². The highest BCUT2D eigenvalue weighted by Crippen LogP contribution is 2.28. The standard InChI is InChI=1S/C15H32N2O/c1-7-9-16-13(8-2)10-17-11-14(3,4)18-15(5,6)12-17/h13,16H,7-12H2,1-6H3. The minimum absolute atomic E-state index is 0.0369. The molecule has 1 saturated heterocycles. The van der Waals surface area contributed by atoms with Gasteiger partial charge in [0.15, 0.2) is 0 Å². The maximum Gasteiger partial charge on any atom is 0.0760 e. The lowest BCUT2D eigenvalue weighted by molar-refractivity contribution is -0.181. The summed E-state index contributed by atoms with van der Waals surface area (Å²) >= 11 is 0. The second-order valence-electron chi connectivity index (χ2n) is 6.85. The number of morpholine rings is 1. The number of hydrogen-bond acceptors (Lipinski definition) is 3. The van der Waals surface area contributed by atoms with Gasteiger partial charge in [-0.05, 0) is 47.1 Å². The lowest BCUT2D eigenvalue weighted by Gasteiger charge is -2.48. The van der Waals surface area contributed by atoms with Crippen molar-refractivity contribution < 1.29 is 4.74 Å². The van der Waals surface area contributed by atoms with E-state index >= 15 is 0 Å². The predicted octanol–water partition coefficient (Wildman–Crippen LogP) is 2.65. The van der Waals surface area contributed by atoms with E-state index in [0.717, 1.165) is 26.2 Å². The maximum absolute atomic E-state index is 6.13. The Morgan fingerprint density at radius 3 is 2.11 bits per heavy atom. The average molecular weight is 256 g/mol. The zero-order valence-corrected chi connectivity index (χ0v) is 13.2. The molecule has 0 aliphatic carbocycles. The molecule has 0 amide bonds.